The van der Waals surface area contributed by atoms with Gasteiger partial charge in [0, 0.05) is 24.2 Å². The monoisotopic (exact) mass is 403 g/mol. The Balaban J connectivity index is 0.000000409. The molecule has 4 N–H and O–H groups in total. The molecule has 0 saturated heterocycles. The van der Waals surface area contributed by atoms with Crippen LogP contribution in [0.3, 0.4) is 0 Å². The summed E-state index contributed by atoms with van der Waals surface area (Å²) in [6.45, 7) is 0.450. The molecule has 9 heteroatoms. The maximum atomic E-state index is 9.84. The van der Waals surface area contributed by atoms with Crippen molar-refractivity contribution in [2.75, 3.05) is 5.32 Å². The number of benzene rings is 2. The lowest BCUT2D eigenvalue weighted by molar-refractivity contribution is -0.159. The molecule has 3 aromatic rings. The summed E-state index contributed by atoms with van der Waals surface area (Å²) < 4.78 is 1.98. The Hall–Kier alpha value is -3.52. The number of nitrogens with one attached hydrogen (secondary N) is 1. The van der Waals surface area contributed by atoms with E-state index in [0.29, 0.717) is 11.6 Å². The van der Waals surface area contributed by atoms with Crippen molar-refractivity contribution in [2.45, 2.75) is 6.54 Å². The first-order valence-corrected chi connectivity index (χ1v) is 8.42. The predicted molar refractivity (Wildman–Crippen MR) is 104 cm³/mol. The van der Waals surface area contributed by atoms with Gasteiger partial charge < -0.3 is 25.2 Å². The summed E-state index contributed by atoms with van der Waals surface area (Å²) in [6, 6.07) is 15.1. The highest BCUT2D eigenvalue weighted by molar-refractivity contribution is 6.30. The van der Waals surface area contributed by atoms with Gasteiger partial charge in [0.2, 0.25) is 5.95 Å². The number of anilines is 1. The summed E-state index contributed by atoms with van der Waals surface area (Å²) in [7, 11) is 1.95. The van der Waals surface area contributed by atoms with Gasteiger partial charge in [-0.1, -0.05) is 41.9 Å². The second kappa shape index (κ2) is 9.43. The third-order valence-corrected chi connectivity index (χ3v) is 3.95. The molecule has 0 aliphatic rings. The van der Waals surface area contributed by atoms with Crippen molar-refractivity contribution in [1.82, 2.24) is 9.55 Å². The number of phenols is 1. The number of aliphatic carboxylic acids is 2. The van der Waals surface area contributed by atoms with Crippen molar-refractivity contribution >= 4 is 29.5 Å². The zero-order chi connectivity index (χ0) is 20.7. The highest BCUT2D eigenvalue weighted by atomic mass is 35.5. The lowest BCUT2D eigenvalue weighted by atomic mass is 10.2. The van der Waals surface area contributed by atoms with Crippen LogP contribution in [0.2, 0.25) is 5.02 Å². The van der Waals surface area contributed by atoms with E-state index in [4.69, 9.17) is 31.4 Å². The van der Waals surface area contributed by atoms with E-state index in [1.54, 1.807) is 18.2 Å². The molecule has 0 atom stereocenters. The Morgan fingerprint density at radius 2 is 1.75 bits per heavy atom. The van der Waals surface area contributed by atoms with Gasteiger partial charge in [0.1, 0.15) is 5.75 Å². The molecule has 0 aliphatic heterocycles. The van der Waals surface area contributed by atoms with Crippen LogP contribution in [-0.4, -0.2) is 36.8 Å². The van der Waals surface area contributed by atoms with Gasteiger partial charge in [0.05, 0.1) is 11.9 Å². The summed E-state index contributed by atoms with van der Waals surface area (Å²) in [5.41, 5.74) is 2.87. The zero-order valence-corrected chi connectivity index (χ0v) is 15.6. The number of hydrogen-bond acceptors (Lipinski definition) is 5. The standard InChI is InChI=1S/C17H16ClN3O.C2H2O4/c1-21-15(12-5-3-2-4-6-12)11-20-17(21)19-10-13-9-14(18)7-8-16(13)22;3-1(4)2(5)6/h2-9,11,22H,10H2,1H3,(H,19,20);(H,3,4)(H,5,6). The fourth-order valence-corrected chi connectivity index (χ4v) is 2.52. The van der Waals surface area contributed by atoms with Crippen molar-refractivity contribution in [2.24, 2.45) is 7.05 Å². The minimum atomic E-state index is -1.82. The number of carboxylic acid groups (broad SMARTS) is 2. The molecule has 28 heavy (non-hydrogen) atoms. The van der Waals surface area contributed by atoms with Gasteiger partial charge in [0.15, 0.2) is 0 Å². The topological polar surface area (TPSA) is 125 Å². The van der Waals surface area contributed by atoms with Crippen LogP contribution in [0.4, 0.5) is 5.95 Å². The van der Waals surface area contributed by atoms with E-state index in [-0.39, 0.29) is 5.75 Å². The van der Waals surface area contributed by atoms with E-state index in [0.717, 1.165) is 22.8 Å². The Morgan fingerprint density at radius 1 is 1.11 bits per heavy atom. The average molecular weight is 404 g/mol. The summed E-state index contributed by atoms with van der Waals surface area (Å²) in [4.78, 5) is 22.6. The third-order valence-electron chi connectivity index (χ3n) is 3.72. The van der Waals surface area contributed by atoms with Gasteiger partial charge in [-0.25, -0.2) is 14.6 Å². The minimum Gasteiger partial charge on any atom is -0.508 e. The van der Waals surface area contributed by atoms with Gasteiger partial charge in [-0.05, 0) is 23.8 Å². The molecule has 0 unspecified atom stereocenters. The molecule has 2 aromatic carbocycles. The highest BCUT2D eigenvalue weighted by Crippen LogP contribution is 2.24. The number of aromatic nitrogens is 2. The molecule has 1 heterocycles. The van der Waals surface area contributed by atoms with Crippen LogP contribution >= 0.6 is 11.6 Å². The number of aromatic hydroxyl groups is 1. The average Bonchev–Trinajstić information content (AvgIpc) is 3.04. The third kappa shape index (κ3) is 5.49. The van der Waals surface area contributed by atoms with E-state index in [2.05, 4.69) is 10.3 Å². The molecule has 0 radical (unpaired) electrons. The maximum Gasteiger partial charge on any atom is 0.414 e. The molecule has 0 aliphatic carbocycles. The van der Waals surface area contributed by atoms with Gasteiger partial charge in [-0.15, -0.1) is 0 Å². The molecule has 8 nitrogen and oxygen atoms in total. The van der Waals surface area contributed by atoms with Crippen LogP contribution < -0.4 is 5.32 Å². The number of phenolic OH excluding ortho intramolecular Hbond substituents is 1. The quantitative estimate of drug-likeness (QED) is 0.493. The van der Waals surface area contributed by atoms with E-state index >= 15 is 0 Å². The maximum absolute atomic E-state index is 9.84. The first kappa shape index (κ1) is 20.8. The fourth-order valence-electron chi connectivity index (χ4n) is 2.32. The normalized spacial score (nSPS) is 9.93. The summed E-state index contributed by atoms with van der Waals surface area (Å²) >= 11 is 5.95. The second-order valence-corrected chi connectivity index (χ2v) is 6.07. The summed E-state index contributed by atoms with van der Waals surface area (Å²) in [5.74, 6) is -2.70. The smallest absolute Gasteiger partial charge is 0.414 e. The Kier molecular flexibility index (Phi) is 7.00. The molecule has 0 spiro atoms. The number of carboxylic acids is 2. The summed E-state index contributed by atoms with van der Waals surface area (Å²) in [6.07, 6.45) is 1.83. The van der Waals surface area contributed by atoms with Gasteiger partial charge >= 0.3 is 11.9 Å². The number of imidazole rings is 1. The molecule has 1 aromatic heterocycles. The number of halogens is 1. The molecule has 0 amide bonds. The fraction of sp³-hybridized carbons (Fsp3) is 0.105. The molecule has 0 saturated carbocycles. The molecule has 146 valence electrons. The van der Waals surface area contributed by atoms with Gasteiger partial charge in [-0.3, -0.25) is 0 Å². The van der Waals surface area contributed by atoms with Crippen molar-refractivity contribution in [3.8, 4) is 17.0 Å². The molecular weight excluding hydrogens is 386 g/mol. The Bertz CT molecular complexity index is 961. The number of carbonyl (C=O) groups is 2. The Morgan fingerprint density at radius 3 is 2.36 bits per heavy atom. The summed E-state index contributed by atoms with van der Waals surface area (Å²) in [5, 5.41) is 28.4. The van der Waals surface area contributed by atoms with Gasteiger partial charge in [-0.2, -0.15) is 0 Å². The van der Waals surface area contributed by atoms with Crippen LogP contribution in [0.5, 0.6) is 5.75 Å². The van der Waals surface area contributed by atoms with Crippen LogP contribution in [0.15, 0.2) is 54.7 Å². The van der Waals surface area contributed by atoms with Crippen LogP contribution in [0, 0.1) is 0 Å². The molecular formula is C19H18ClN3O5. The van der Waals surface area contributed by atoms with Crippen LogP contribution in [0.25, 0.3) is 11.3 Å². The van der Waals surface area contributed by atoms with E-state index < -0.39 is 11.9 Å². The number of hydrogen-bond donors (Lipinski definition) is 4. The first-order chi connectivity index (χ1) is 13.3. The lowest BCUT2D eigenvalue weighted by Crippen LogP contribution is -2.09. The minimum absolute atomic E-state index is 0.217. The second-order valence-electron chi connectivity index (χ2n) is 5.63. The van der Waals surface area contributed by atoms with Crippen LogP contribution in [0.1, 0.15) is 5.56 Å². The highest BCUT2D eigenvalue weighted by Gasteiger charge is 2.09. The van der Waals surface area contributed by atoms with E-state index in [1.165, 1.54) is 0 Å². The number of nitrogens with zero attached hydrogens (tertiary/aromatic N) is 2. The molecule has 0 bridgehead atoms. The number of rotatable bonds is 4. The van der Waals surface area contributed by atoms with Crippen molar-refractivity contribution in [3.05, 3.63) is 65.3 Å². The van der Waals surface area contributed by atoms with E-state index in [9.17, 15) is 5.11 Å². The zero-order valence-electron chi connectivity index (χ0n) is 14.8. The largest absolute Gasteiger partial charge is 0.508 e. The first-order valence-electron chi connectivity index (χ1n) is 8.04. The van der Waals surface area contributed by atoms with Crippen molar-refractivity contribution in [3.63, 3.8) is 0 Å². The Labute approximate surface area is 165 Å². The lowest BCUT2D eigenvalue weighted by Gasteiger charge is -2.10. The predicted octanol–water partition coefficient (Wildman–Crippen LogP) is 3.21. The molecule has 0 fully saturated rings. The SMILES string of the molecule is Cn1c(-c2ccccc2)cnc1NCc1cc(Cl)ccc1O.O=C(O)C(=O)O. The van der Waals surface area contributed by atoms with Crippen molar-refractivity contribution < 1.29 is 24.9 Å². The molecule has 3 rings (SSSR count). The van der Waals surface area contributed by atoms with E-state index in [1.807, 2.05) is 48.1 Å². The van der Waals surface area contributed by atoms with Gasteiger partial charge in [0.25, 0.3) is 0 Å². The van der Waals surface area contributed by atoms with Crippen molar-refractivity contribution in [1.29, 1.82) is 0 Å². The van der Waals surface area contributed by atoms with Crippen LogP contribution in [-0.2, 0) is 23.2 Å².